The summed E-state index contributed by atoms with van der Waals surface area (Å²) in [6.45, 7) is 0. The maximum Gasteiger partial charge on any atom is 0.416 e. The molecule has 4 nitrogen and oxygen atoms in total. The molecule has 2 aromatic carbocycles. The summed E-state index contributed by atoms with van der Waals surface area (Å²) >= 11 is 2.55. The molecule has 0 saturated carbocycles. The van der Waals surface area contributed by atoms with Crippen molar-refractivity contribution >= 4 is 28.9 Å². The van der Waals surface area contributed by atoms with Crippen LogP contribution in [0, 0.1) is 0 Å². The first-order chi connectivity index (χ1) is 14.4. The second-order valence-corrected chi connectivity index (χ2v) is 8.14. The molecule has 0 spiro atoms. The number of alkyl halides is 3. The Morgan fingerprint density at radius 2 is 1.80 bits per heavy atom. The minimum atomic E-state index is -4.47. The molecule has 0 aliphatic rings. The van der Waals surface area contributed by atoms with Crippen molar-refractivity contribution in [1.29, 1.82) is 0 Å². The van der Waals surface area contributed by atoms with E-state index < -0.39 is 11.7 Å². The molecule has 0 saturated heterocycles. The molecule has 2 heterocycles. The molecular formula is C21H14F3N3OS2. The van der Waals surface area contributed by atoms with E-state index in [1.54, 1.807) is 34.9 Å². The molecule has 0 N–H and O–H groups in total. The maximum atomic E-state index is 13.2. The molecule has 0 radical (unpaired) electrons. The Morgan fingerprint density at radius 3 is 2.50 bits per heavy atom. The molecule has 0 aliphatic carbocycles. The monoisotopic (exact) mass is 445 g/mol. The number of benzene rings is 2. The van der Waals surface area contributed by atoms with E-state index in [1.165, 1.54) is 17.4 Å². The Kier molecular flexibility index (Phi) is 5.74. The van der Waals surface area contributed by atoms with Gasteiger partial charge < -0.3 is 0 Å². The Bertz CT molecular complexity index is 1160. The fourth-order valence-electron chi connectivity index (χ4n) is 2.82. The number of hydrogen-bond donors (Lipinski definition) is 0. The lowest BCUT2D eigenvalue weighted by Crippen LogP contribution is -2.08. The van der Waals surface area contributed by atoms with Gasteiger partial charge in [0, 0.05) is 5.56 Å². The molecule has 0 bridgehead atoms. The zero-order valence-electron chi connectivity index (χ0n) is 15.3. The van der Waals surface area contributed by atoms with E-state index in [9.17, 15) is 18.0 Å². The van der Waals surface area contributed by atoms with Crippen LogP contribution in [0.1, 0.15) is 15.9 Å². The molecule has 30 heavy (non-hydrogen) atoms. The van der Waals surface area contributed by atoms with Gasteiger partial charge in [-0.25, -0.2) is 0 Å². The lowest BCUT2D eigenvalue weighted by molar-refractivity contribution is -0.137. The van der Waals surface area contributed by atoms with Crippen molar-refractivity contribution in [1.82, 2.24) is 14.8 Å². The number of ketones is 1. The molecule has 9 heteroatoms. The number of thioether (sulfide) groups is 1. The van der Waals surface area contributed by atoms with Crippen LogP contribution in [0.4, 0.5) is 13.2 Å². The van der Waals surface area contributed by atoms with Crippen LogP contribution < -0.4 is 0 Å². The smallest absolute Gasteiger partial charge is 0.293 e. The van der Waals surface area contributed by atoms with E-state index in [0.717, 1.165) is 28.8 Å². The maximum absolute atomic E-state index is 13.2. The van der Waals surface area contributed by atoms with Crippen LogP contribution in [0.3, 0.4) is 0 Å². The van der Waals surface area contributed by atoms with Gasteiger partial charge in [-0.15, -0.1) is 21.5 Å². The van der Waals surface area contributed by atoms with Crippen molar-refractivity contribution in [2.75, 3.05) is 5.75 Å². The van der Waals surface area contributed by atoms with E-state index in [1.807, 2.05) is 23.6 Å². The molecule has 152 valence electrons. The third-order valence-corrected chi connectivity index (χ3v) is 6.03. The van der Waals surface area contributed by atoms with Gasteiger partial charge in [-0.1, -0.05) is 54.2 Å². The van der Waals surface area contributed by atoms with E-state index in [4.69, 9.17) is 0 Å². The van der Waals surface area contributed by atoms with Gasteiger partial charge in [-0.3, -0.25) is 9.36 Å². The lowest BCUT2D eigenvalue weighted by atomic mass is 10.2. The Morgan fingerprint density at radius 1 is 1.00 bits per heavy atom. The van der Waals surface area contributed by atoms with Gasteiger partial charge in [-0.05, 0) is 29.6 Å². The van der Waals surface area contributed by atoms with Crippen molar-refractivity contribution < 1.29 is 18.0 Å². The SMILES string of the molecule is O=C(CSc1nnc(-c2cccs2)n1-c1cccc(C(F)(F)F)c1)c1ccccc1. The average Bonchev–Trinajstić information content (AvgIpc) is 3.42. The Balaban J connectivity index is 1.71. The number of carbonyl (C=O) groups excluding carboxylic acids is 1. The largest absolute Gasteiger partial charge is 0.416 e. The number of aromatic nitrogens is 3. The average molecular weight is 445 g/mol. The van der Waals surface area contributed by atoms with Crippen molar-refractivity contribution in [3.8, 4) is 16.4 Å². The summed E-state index contributed by atoms with van der Waals surface area (Å²) in [7, 11) is 0. The van der Waals surface area contributed by atoms with Gasteiger partial charge in [0.25, 0.3) is 0 Å². The number of Topliss-reactive ketones (excluding diaryl/α,β-unsaturated/α-hetero) is 1. The third kappa shape index (κ3) is 4.31. The molecule has 4 rings (SSSR count). The summed E-state index contributed by atoms with van der Waals surface area (Å²) in [4.78, 5) is 13.2. The number of hydrogen-bond acceptors (Lipinski definition) is 5. The van der Waals surface area contributed by atoms with Crippen LogP contribution in [0.5, 0.6) is 0 Å². The normalized spacial score (nSPS) is 11.6. The number of thiophene rings is 1. The summed E-state index contributed by atoms with van der Waals surface area (Å²) < 4.78 is 41.3. The lowest BCUT2D eigenvalue weighted by Gasteiger charge is -2.12. The predicted molar refractivity (Wildman–Crippen MR) is 111 cm³/mol. The van der Waals surface area contributed by atoms with E-state index >= 15 is 0 Å². The van der Waals surface area contributed by atoms with Crippen LogP contribution in [-0.2, 0) is 6.18 Å². The first-order valence-electron chi connectivity index (χ1n) is 8.81. The molecule has 0 fully saturated rings. The molecule has 0 amide bonds. The minimum absolute atomic E-state index is 0.0888. The Hall–Kier alpha value is -2.91. The molecule has 4 aromatic rings. The predicted octanol–water partition coefficient (Wildman–Crippen LogP) is 5.99. The summed E-state index contributed by atoms with van der Waals surface area (Å²) in [6, 6.07) is 17.5. The summed E-state index contributed by atoms with van der Waals surface area (Å²) in [6.07, 6.45) is -4.47. The molecule has 0 atom stereocenters. The zero-order chi connectivity index (χ0) is 21.1. The van der Waals surface area contributed by atoms with E-state index in [0.29, 0.717) is 16.5 Å². The standard InChI is InChI=1S/C21H14F3N3OS2/c22-21(23,24)15-8-4-9-16(12-15)27-19(18-10-5-11-29-18)25-26-20(27)30-13-17(28)14-6-2-1-3-7-14/h1-12H,13H2. The van der Waals surface area contributed by atoms with Crippen LogP contribution in [0.15, 0.2) is 77.3 Å². The molecule has 0 aliphatic heterocycles. The second kappa shape index (κ2) is 8.45. The van der Waals surface area contributed by atoms with Crippen molar-refractivity contribution in [2.45, 2.75) is 11.3 Å². The van der Waals surface area contributed by atoms with Crippen LogP contribution >= 0.6 is 23.1 Å². The van der Waals surface area contributed by atoms with Gasteiger partial charge in [0.15, 0.2) is 16.8 Å². The second-order valence-electron chi connectivity index (χ2n) is 6.24. The van der Waals surface area contributed by atoms with Gasteiger partial charge >= 0.3 is 6.18 Å². The van der Waals surface area contributed by atoms with E-state index in [-0.39, 0.29) is 17.2 Å². The van der Waals surface area contributed by atoms with Crippen LogP contribution in [0.25, 0.3) is 16.4 Å². The quantitative estimate of drug-likeness (QED) is 0.270. The third-order valence-electron chi connectivity index (χ3n) is 4.23. The minimum Gasteiger partial charge on any atom is -0.293 e. The van der Waals surface area contributed by atoms with Crippen molar-refractivity contribution in [3.63, 3.8) is 0 Å². The highest BCUT2D eigenvalue weighted by atomic mass is 32.2. The van der Waals surface area contributed by atoms with Gasteiger partial charge in [0.2, 0.25) is 0 Å². The first-order valence-corrected chi connectivity index (χ1v) is 10.7. The van der Waals surface area contributed by atoms with Crippen molar-refractivity contribution in [2.24, 2.45) is 0 Å². The highest BCUT2D eigenvalue weighted by Gasteiger charge is 2.31. The zero-order valence-corrected chi connectivity index (χ0v) is 17.0. The number of rotatable bonds is 6. The Labute approximate surface area is 178 Å². The van der Waals surface area contributed by atoms with E-state index in [2.05, 4.69) is 10.2 Å². The molecule has 0 unspecified atom stereocenters. The summed E-state index contributed by atoms with van der Waals surface area (Å²) in [5.41, 5.74) is 0.0867. The highest BCUT2D eigenvalue weighted by molar-refractivity contribution is 7.99. The van der Waals surface area contributed by atoms with Crippen molar-refractivity contribution in [3.05, 3.63) is 83.2 Å². The number of carbonyl (C=O) groups is 1. The van der Waals surface area contributed by atoms with Gasteiger partial charge in [-0.2, -0.15) is 13.2 Å². The van der Waals surface area contributed by atoms with Crippen LogP contribution in [-0.4, -0.2) is 26.3 Å². The highest BCUT2D eigenvalue weighted by Crippen LogP contribution is 2.34. The number of halogens is 3. The fourth-order valence-corrected chi connectivity index (χ4v) is 4.37. The molecular weight excluding hydrogens is 431 g/mol. The van der Waals surface area contributed by atoms with Crippen LogP contribution in [0.2, 0.25) is 0 Å². The van der Waals surface area contributed by atoms with Gasteiger partial charge in [0.05, 0.1) is 21.9 Å². The first kappa shape index (κ1) is 20.4. The topological polar surface area (TPSA) is 47.8 Å². The fraction of sp³-hybridized carbons (Fsp3) is 0.0952. The molecule has 2 aromatic heterocycles. The summed E-state index contributed by atoms with van der Waals surface area (Å²) in [5, 5.41) is 10.5. The summed E-state index contributed by atoms with van der Waals surface area (Å²) in [5.74, 6) is 0.418. The van der Waals surface area contributed by atoms with Gasteiger partial charge in [0.1, 0.15) is 0 Å². The number of nitrogens with zero attached hydrogens (tertiary/aromatic N) is 3.